The lowest BCUT2D eigenvalue weighted by Crippen LogP contribution is -2.53. The Balaban J connectivity index is 2.49. The van der Waals surface area contributed by atoms with Crippen molar-refractivity contribution in [3.63, 3.8) is 0 Å². The van der Waals surface area contributed by atoms with E-state index in [0.717, 1.165) is 22.5 Å². The van der Waals surface area contributed by atoms with Crippen molar-refractivity contribution in [2.45, 2.75) is 65.6 Å². The summed E-state index contributed by atoms with van der Waals surface area (Å²) in [6, 6.07) is 13.4. The van der Waals surface area contributed by atoms with Gasteiger partial charge in [0.05, 0.1) is 11.9 Å². The standard InChI is InChI=1S/C26H36ClN3O4S/c1-6-19(4)28-26(32)23(8-3)29(17-21-14-9-11-15-22(21)27)25(31)18-30(35(5,33)34)24-16-12-10-13-20(24)7-2/h9-16,19,23H,6-8,17-18H2,1-5H3,(H,28,32)/t19-,23+/m1/s1. The molecule has 0 aliphatic carbocycles. The van der Waals surface area contributed by atoms with Gasteiger partial charge in [-0.1, -0.05) is 68.8 Å². The Morgan fingerprint density at radius 3 is 2.11 bits per heavy atom. The maximum Gasteiger partial charge on any atom is 0.244 e. The monoisotopic (exact) mass is 521 g/mol. The fraction of sp³-hybridized carbons (Fsp3) is 0.462. The summed E-state index contributed by atoms with van der Waals surface area (Å²) in [5.41, 5.74) is 1.95. The summed E-state index contributed by atoms with van der Waals surface area (Å²) < 4.78 is 26.7. The molecule has 9 heteroatoms. The van der Waals surface area contributed by atoms with Gasteiger partial charge in [0.25, 0.3) is 0 Å². The van der Waals surface area contributed by atoms with Crippen LogP contribution in [0.4, 0.5) is 5.69 Å². The van der Waals surface area contributed by atoms with Gasteiger partial charge in [0, 0.05) is 17.6 Å². The summed E-state index contributed by atoms with van der Waals surface area (Å²) in [6.07, 6.45) is 2.80. The molecule has 0 spiro atoms. The number of rotatable bonds is 12. The van der Waals surface area contributed by atoms with Gasteiger partial charge < -0.3 is 10.2 Å². The van der Waals surface area contributed by atoms with Gasteiger partial charge in [-0.15, -0.1) is 0 Å². The van der Waals surface area contributed by atoms with Gasteiger partial charge in [0.15, 0.2) is 0 Å². The zero-order valence-electron chi connectivity index (χ0n) is 21.1. The van der Waals surface area contributed by atoms with Crippen LogP contribution in [0.2, 0.25) is 5.02 Å². The number of halogens is 1. The number of para-hydroxylation sites is 1. The predicted molar refractivity (Wildman–Crippen MR) is 142 cm³/mol. The van der Waals surface area contributed by atoms with Gasteiger partial charge >= 0.3 is 0 Å². The highest BCUT2D eigenvalue weighted by atomic mass is 35.5. The predicted octanol–water partition coefficient (Wildman–Crippen LogP) is 4.39. The van der Waals surface area contributed by atoms with Gasteiger partial charge in [-0.05, 0) is 49.4 Å². The molecule has 0 bridgehead atoms. The lowest BCUT2D eigenvalue weighted by molar-refractivity contribution is -0.140. The molecule has 35 heavy (non-hydrogen) atoms. The number of nitrogens with one attached hydrogen (secondary N) is 1. The lowest BCUT2D eigenvalue weighted by Gasteiger charge is -2.34. The molecule has 0 unspecified atom stereocenters. The number of carbonyl (C=O) groups excluding carboxylic acids is 2. The Morgan fingerprint density at radius 2 is 1.57 bits per heavy atom. The molecule has 2 aromatic rings. The summed E-state index contributed by atoms with van der Waals surface area (Å²) in [5, 5.41) is 3.42. The maximum atomic E-state index is 13.7. The molecule has 0 aliphatic heterocycles. The number of nitrogens with zero attached hydrogens (tertiary/aromatic N) is 2. The zero-order valence-corrected chi connectivity index (χ0v) is 22.7. The molecule has 2 atom stereocenters. The highest BCUT2D eigenvalue weighted by Crippen LogP contribution is 2.25. The van der Waals surface area contributed by atoms with Crippen LogP contribution in [0.15, 0.2) is 48.5 Å². The lowest BCUT2D eigenvalue weighted by atomic mass is 10.1. The number of amides is 2. The van der Waals surface area contributed by atoms with Crippen LogP contribution in [0.3, 0.4) is 0 Å². The fourth-order valence-electron chi connectivity index (χ4n) is 3.82. The van der Waals surface area contributed by atoms with Crippen molar-refractivity contribution >= 4 is 39.1 Å². The van der Waals surface area contributed by atoms with E-state index in [0.29, 0.717) is 29.1 Å². The molecule has 1 N–H and O–H groups in total. The van der Waals surface area contributed by atoms with E-state index in [2.05, 4.69) is 5.32 Å². The molecule has 0 aromatic heterocycles. The number of aryl methyl sites for hydroxylation is 1. The molecule has 192 valence electrons. The quantitative estimate of drug-likeness (QED) is 0.448. The van der Waals surface area contributed by atoms with E-state index in [4.69, 9.17) is 11.6 Å². The van der Waals surface area contributed by atoms with Gasteiger partial charge in [-0.3, -0.25) is 13.9 Å². The molecule has 2 amide bonds. The van der Waals surface area contributed by atoms with Crippen LogP contribution >= 0.6 is 11.6 Å². The maximum absolute atomic E-state index is 13.7. The SMILES string of the molecule is CCc1ccccc1N(CC(=O)N(Cc1ccccc1Cl)[C@@H](CC)C(=O)N[C@H](C)CC)S(C)(=O)=O. The van der Waals surface area contributed by atoms with E-state index in [1.165, 1.54) is 4.90 Å². The molecular formula is C26H36ClN3O4S. The second-order valence-corrected chi connectivity index (χ2v) is 10.9. The first-order valence-electron chi connectivity index (χ1n) is 11.9. The number of benzene rings is 2. The Bertz CT molecular complexity index is 1120. The molecule has 0 saturated heterocycles. The minimum atomic E-state index is -3.78. The van der Waals surface area contributed by atoms with Gasteiger partial charge in [-0.25, -0.2) is 8.42 Å². The van der Waals surface area contributed by atoms with Crippen LogP contribution in [0, 0.1) is 0 Å². The Hall–Kier alpha value is -2.58. The topological polar surface area (TPSA) is 86.8 Å². The van der Waals surface area contributed by atoms with Crippen molar-refractivity contribution in [1.82, 2.24) is 10.2 Å². The molecule has 0 radical (unpaired) electrons. The normalized spacial score (nSPS) is 13.1. The summed E-state index contributed by atoms with van der Waals surface area (Å²) >= 11 is 6.38. The summed E-state index contributed by atoms with van der Waals surface area (Å²) in [7, 11) is -3.78. The minimum Gasteiger partial charge on any atom is -0.352 e. The Kier molecular flexibility index (Phi) is 10.6. The molecule has 7 nitrogen and oxygen atoms in total. The number of anilines is 1. The second-order valence-electron chi connectivity index (χ2n) is 8.61. The first-order chi connectivity index (χ1) is 16.5. The summed E-state index contributed by atoms with van der Waals surface area (Å²) in [4.78, 5) is 28.3. The molecule has 0 saturated carbocycles. The average Bonchev–Trinajstić information content (AvgIpc) is 2.82. The summed E-state index contributed by atoms with van der Waals surface area (Å²) in [6.45, 7) is 7.28. The Labute approximate surface area is 214 Å². The third-order valence-electron chi connectivity index (χ3n) is 6.01. The van der Waals surface area contributed by atoms with Crippen LogP contribution in [-0.4, -0.2) is 50.0 Å². The number of hydrogen-bond donors (Lipinski definition) is 1. The molecular weight excluding hydrogens is 486 g/mol. The van der Waals surface area contributed by atoms with Crippen LogP contribution in [-0.2, 0) is 32.6 Å². The van der Waals surface area contributed by atoms with Crippen molar-refractivity contribution in [3.05, 3.63) is 64.7 Å². The largest absolute Gasteiger partial charge is 0.352 e. The van der Waals surface area contributed by atoms with E-state index < -0.39 is 28.5 Å². The van der Waals surface area contributed by atoms with Crippen molar-refractivity contribution in [3.8, 4) is 0 Å². The molecule has 2 aromatic carbocycles. The average molecular weight is 522 g/mol. The Morgan fingerprint density at radius 1 is 0.971 bits per heavy atom. The van der Waals surface area contributed by atoms with Crippen LogP contribution in [0.1, 0.15) is 51.7 Å². The highest BCUT2D eigenvalue weighted by molar-refractivity contribution is 7.92. The second kappa shape index (κ2) is 12.9. The fourth-order valence-corrected chi connectivity index (χ4v) is 4.89. The summed E-state index contributed by atoms with van der Waals surface area (Å²) in [5.74, 6) is -0.755. The van der Waals surface area contributed by atoms with Crippen molar-refractivity contribution in [2.24, 2.45) is 0 Å². The minimum absolute atomic E-state index is 0.0576. The first kappa shape index (κ1) is 28.7. The van der Waals surface area contributed by atoms with Gasteiger partial charge in [0.2, 0.25) is 21.8 Å². The van der Waals surface area contributed by atoms with Gasteiger partial charge in [-0.2, -0.15) is 0 Å². The molecule has 0 heterocycles. The van der Waals surface area contributed by atoms with Crippen LogP contribution in [0.5, 0.6) is 0 Å². The first-order valence-corrected chi connectivity index (χ1v) is 14.1. The highest BCUT2D eigenvalue weighted by Gasteiger charge is 2.32. The zero-order chi connectivity index (χ0) is 26.2. The van der Waals surface area contributed by atoms with Crippen molar-refractivity contribution in [2.75, 3.05) is 17.1 Å². The smallest absolute Gasteiger partial charge is 0.244 e. The van der Waals surface area contributed by atoms with E-state index in [9.17, 15) is 18.0 Å². The molecule has 2 rings (SSSR count). The van der Waals surface area contributed by atoms with Crippen LogP contribution in [0.25, 0.3) is 0 Å². The molecule has 0 aliphatic rings. The van der Waals surface area contributed by atoms with Crippen molar-refractivity contribution in [1.29, 1.82) is 0 Å². The van der Waals surface area contributed by atoms with Gasteiger partial charge in [0.1, 0.15) is 12.6 Å². The number of carbonyl (C=O) groups is 2. The number of sulfonamides is 1. The van der Waals surface area contributed by atoms with Crippen LogP contribution < -0.4 is 9.62 Å². The van der Waals surface area contributed by atoms with E-state index in [1.54, 1.807) is 30.3 Å². The molecule has 0 fully saturated rings. The van der Waals surface area contributed by atoms with E-state index in [-0.39, 0.29) is 18.5 Å². The third-order valence-corrected chi connectivity index (χ3v) is 7.50. The van der Waals surface area contributed by atoms with E-state index >= 15 is 0 Å². The van der Waals surface area contributed by atoms with Crippen molar-refractivity contribution < 1.29 is 18.0 Å². The van der Waals surface area contributed by atoms with E-state index in [1.807, 2.05) is 45.9 Å². The number of hydrogen-bond acceptors (Lipinski definition) is 4. The third kappa shape index (κ3) is 7.70.